The average Bonchev–Trinajstić information content (AvgIpc) is 2.87. The van der Waals surface area contributed by atoms with Crippen molar-refractivity contribution in [1.29, 1.82) is 0 Å². The van der Waals surface area contributed by atoms with Gasteiger partial charge in [0.2, 0.25) is 5.91 Å². The van der Waals surface area contributed by atoms with Gasteiger partial charge in [-0.15, -0.1) is 0 Å². The summed E-state index contributed by atoms with van der Waals surface area (Å²) in [7, 11) is 3.13. The van der Waals surface area contributed by atoms with Crippen LogP contribution in [0.5, 0.6) is 0 Å². The maximum absolute atomic E-state index is 12.1. The molecule has 1 N–H and O–H groups in total. The predicted octanol–water partition coefficient (Wildman–Crippen LogP) is 1.12. The first kappa shape index (κ1) is 18.2. The second-order valence-corrected chi connectivity index (χ2v) is 5.56. The second-order valence-electron chi connectivity index (χ2n) is 5.56. The van der Waals surface area contributed by atoms with E-state index in [1.165, 1.54) is 7.11 Å². The highest BCUT2D eigenvalue weighted by atomic mass is 16.5. The predicted molar refractivity (Wildman–Crippen MR) is 81.0 cm³/mol. The van der Waals surface area contributed by atoms with E-state index < -0.39 is 12.0 Å². The Morgan fingerprint density at radius 1 is 1.50 bits per heavy atom. The number of nitrogens with one attached hydrogen (secondary N) is 1. The van der Waals surface area contributed by atoms with Crippen LogP contribution in [0.15, 0.2) is 10.6 Å². The Balaban J connectivity index is 2.53. The van der Waals surface area contributed by atoms with Crippen molar-refractivity contribution < 1.29 is 18.8 Å². The van der Waals surface area contributed by atoms with Gasteiger partial charge in [-0.25, -0.2) is 4.79 Å². The number of esters is 1. The van der Waals surface area contributed by atoms with E-state index in [-0.39, 0.29) is 18.4 Å². The van der Waals surface area contributed by atoms with Crippen LogP contribution >= 0.6 is 0 Å². The number of rotatable bonds is 8. The van der Waals surface area contributed by atoms with E-state index in [1.807, 2.05) is 26.8 Å². The number of aromatic nitrogens is 1. The Labute approximate surface area is 131 Å². The third-order valence-corrected chi connectivity index (χ3v) is 3.51. The molecular formula is C15H25N3O4. The van der Waals surface area contributed by atoms with E-state index in [1.54, 1.807) is 11.9 Å². The Hall–Kier alpha value is -1.89. The van der Waals surface area contributed by atoms with Crippen LogP contribution in [0.2, 0.25) is 0 Å². The number of carbonyl (C=O) groups excluding carboxylic acids is 2. The van der Waals surface area contributed by atoms with Crippen LogP contribution in [0, 0.1) is 12.8 Å². The summed E-state index contributed by atoms with van der Waals surface area (Å²) in [5, 5.41) is 6.63. The molecule has 0 radical (unpaired) electrons. The fraction of sp³-hybridized carbons (Fsp3) is 0.667. The first-order chi connectivity index (χ1) is 10.4. The van der Waals surface area contributed by atoms with Crippen molar-refractivity contribution >= 4 is 11.9 Å². The standard InChI is InChI=1S/C15H25N3O4/c1-6-10(2)14(15(20)21-5)16-13(19)9-18(4)8-12-7-11(3)22-17-12/h7,10,14H,6,8-9H2,1-5H3,(H,16,19). The Morgan fingerprint density at radius 2 is 2.18 bits per heavy atom. The summed E-state index contributed by atoms with van der Waals surface area (Å²) < 4.78 is 9.74. The molecule has 7 heteroatoms. The van der Waals surface area contributed by atoms with Crippen LogP contribution in [0.25, 0.3) is 0 Å². The number of likely N-dealkylation sites (N-methyl/N-ethyl adjacent to an activating group) is 1. The summed E-state index contributed by atoms with van der Waals surface area (Å²) in [6.45, 7) is 6.35. The molecule has 7 nitrogen and oxygen atoms in total. The number of hydrogen-bond acceptors (Lipinski definition) is 6. The summed E-state index contributed by atoms with van der Waals surface area (Å²) in [5.41, 5.74) is 0.763. The van der Waals surface area contributed by atoms with E-state index in [4.69, 9.17) is 9.26 Å². The number of carbonyl (C=O) groups is 2. The summed E-state index contributed by atoms with van der Waals surface area (Å²) in [6, 6.07) is 1.20. The first-order valence-corrected chi connectivity index (χ1v) is 7.35. The number of methoxy groups -OCH3 is 1. The van der Waals surface area contributed by atoms with Gasteiger partial charge in [0.25, 0.3) is 0 Å². The van der Waals surface area contributed by atoms with E-state index in [9.17, 15) is 9.59 Å². The molecule has 1 aromatic rings. The van der Waals surface area contributed by atoms with Crippen LogP contribution in [-0.2, 0) is 20.9 Å². The summed E-state index contributed by atoms with van der Waals surface area (Å²) in [6.07, 6.45) is 0.772. The second kappa shape index (κ2) is 8.53. The van der Waals surface area contributed by atoms with Crippen LogP contribution < -0.4 is 5.32 Å². The van der Waals surface area contributed by atoms with Crippen molar-refractivity contribution in [2.75, 3.05) is 20.7 Å². The Bertz CT molecular complexity index is 501. The zero-order valence-electron chi connectivity index (χ0n) is 13.9. The SMILES string of the molecule is CCC(C)C(NC(=O)CN(C)Cc1cc(C)on1)C(=O)OC. The van der Waals surface area contributed by atoms with Crippen molar-refractivity contribution in [3.05, 3.63) is 17.5 Å². The smallest absolute Gasteiger partial charge is 0.328 e. The van der Waals surface area contributed by atoms with Crippen molar-refractivity contribution in [3.63, 3.8) is 0 Å². The summed E-state index contributed by atoms with van der Waals surface area (Å²) in [5.74, 6) is 0.103. The zero-order chi connectivity index (χ0) is 16.7. The molecule has 0 saturated carbocycles. The molecular weight excluding hydrogens is 286 g/mol. The Kier molecular flexibility index (Phi) is 7.04. The third-order valence-electron chi connectivity index (χ3n) is 3.51. The summed E-state index contributed by atoms with van der Waals surface area (Å²) >= 11 is 0. The van der Waals surface area contributed by atoms with E-state index in [0.29, 0.717) is 6.54 Å². The van der Waals surface area contributed by atoms with Crippen molar-refractivity contribution in [3.8, 4) is 0 Å². The molecule has 0 aliphatic carbocycles. The molecule has 0 saturated heterocycles. The fourth-order valence-electron chi connectivity index (χ4n) is 2.09. The molecule has 124 valence electrons. The van der Waals surface area contributed by atoms with Gasteiger partial charge >= 0.3 is 5.97 Å². The molecule has 1 aromatic heterocycles. The molecule has 0 aliphatic heterocycles. The highest BCUT2D eigenvalue weighted by molar-refractivity contribution is 5.85. The minimum absolute atomic E-state index is 0.0138. The molecule has 0 spiro atoms. The number of hydrogen-bond donors (Lipinski definition) is 1. The lowest BCUT2D eigenvalue weighted by molar-refractivity contribution is -0.146. The average molecular weight is 311 g/mol. The maximum atomic E-state index is 12.1. The molecule has 1 heterocycles. The fourth-order valence-corrected chi connectivity index (χ4v) is 2.09. The van der Waals surface area contributed by atoms with Gasteiger partial charge in [-0.05, 0) is 19.9 Å². The minimum atomic E-state index is -0.620. The molecule has 0 bridgehead atoms. The molecule has 22 heavy (non-hydrogen) atoms. The van der Waals surface area contributed by atoms with E-state index >= 15 is 0 Å². The van der Waals surface area contributed by atoms with Crippen LogP contribution in [0.1, 0.15) is 31.7 Å². The lowest BCUT2D eigenvalue weighted by Gasteiger charge is -2.23. The van der Waals surface area contributed by atoms with Gasteiger partial charge in [-0.3, -0.25) is 9.69 Å². The molecule has 0 fully saturated rings. The molecule has 1 amide bonds. The largest absolute Gasteiger partial charge is 0.467 e. The first-order valence-electron chi connectivity index (χ1n) is 7.35. The molecule has 2 atom stereocenters. The van der Waals surface area contributed by atoms with Crippen molar-refractivity contribution in [2.24, 2.45) is 5.92 Å². The van der Waals surface area contributed by atoms with Gasteiger partial charge in [-0.2, -0.15) is 0 Å². The van der Waals surface area contributed by atoms with E-state index in [2.05, 4.69) is 10.5 Å². The van der Waals surface area contributed by atoms with Gasteiger partial charge in [0.15, 0.2) is 0 Å². The monoisotopic (exact) mass is 311 g/mol. The van der Waals surface area contributed by atoms with Gasteiger partial charge in [-0.1, -0.05) is 25.4 Å². The van der Waals surface area contributed by atoms with Crippen LogP contribution in [0.3, 0.4) is 0 Å². The minimum Gasteiger partial charge on any atom is -0.467 e. The van der Waals surface area contributed by atoms with Crippen LogP contribution in [-0.4, -0.2) is 48.7 Å². The normalized spacial score (nSPS) is 13.7. The highest BCUT2D eigenvalue weighted by Gasteiger charge is 2.26. The highest BCUT2D eigenvalue weighted by Crippen LogP contribution is 2.09. The van der Waals surface area contributed by atoms with Gasteiger partial charge in [0.1, 0.15) is 11.8 Å². The lowest BCUT2D eigenvalue weighted by Crippen LogP contribution is -2.48. The van der Waals surface area contributed by atoms with Gasteiger partial charge in [0, 0.05) is 12.6 Å². The summed E-state index contributed by atoms with van der Waals surface area (Å²) in [4.78, 5) is 25.7. The molecule has 0 aliphatic rings. The molecule has 1 rings (SSSR count). The van der Waals surface area contributed by atoms with Crippen molar-refractivity contribution in [2.45, 2.75) is 39.8 Å². The topological polar surface area (TPSA) is 84.7 Å². The zero-order valence-corrected chi connectivity index (χ0v) is 13.9. The maximum Gasteiger partial charge on any atom is 0.328 e. The molecule has 2 unspecified atom stereocenters. The quantitative estimate of drug-likeness (QED) is 0.724. The van der Waals surface area contributed by atoms with E-state index in [0.717, 1.165) is 17.9 Å². The van der Waals surface area contributed by atoms with Gasteiger partial charge in [0.05, 0.1) is 19.3 Å². The number of amides is 1. The van der Waals surface area contributed by atoms with Crippen LogP contribution in [0.4, 0.5) is 0 Å². The number of nitrogens with zero attached hydrogens (tertiary/aromatic N) is 2. The van der Waals surface area contributed by atoms with Gasteiger partial charge < -0.3 is 14.6 Å². The number of aryl methyl sites for hydroxylation is 1. The Morgan fingerprint density at radius 3 is 2.68 bits per heavy atom. The molecule has 0 aromatic carbocycles. The lowest BCUT2D eigenvalue weighted by atomic mass is 9.99. The third kappa shape index (κ3) is 5.48. The number of ether oxygens (including phenoxy) is 1. The van der Waals surface area contributed by atoms with Crippen molar-refractivity contribution in [1.82, 2.24) is 15.4 Å².